The van der Waals surface area contributed by atoms with Gasteiger partial charge in [0.1, 0.15) is 0 Å². The van der Waals surface area contributed by atoms with E-state index in [2.05, 4.69) is 15.7 Å². The van der Waals surface area contributed by atoms with Crippen LogP contribution in [0.15, 0.2) is 24.5 Å². The number of nitrogens with one attached hydrogen (secondary N) is 2. The molecule has 0 saturated heterocycles. The van der Waals surface area contributed by atoms with Gasteiger partial charge in [-0.25, -0.2) is 0 Å². The van der Waals surface area contributed by atoms with Gasteiger partial charge >= 0.3 is 0 Å². The maximum atomic E-state index is 11.5. The first-order valence-electron chi connectivity index (χ1n) is 7.05. The molecule has 0 aliphatic carbocycles. The Balaban J connectivity index is 1.67. The third-order valence-corrected chi connectivity index (χ3v) is 3.66. The van der Waals surface area contributed by atoms with Crippen molar-refractivity contribution in [2.24, 2.45) is 7.05 Å². The fourth-order valence-electron chi connectivity index (χ4n) is 2.54. The molecule has 6 nitrogen and oxygen atoms in total. The quantitative estimate of drug-likeness (QED) is 0.744. The van der Waals surface area contributed by atoms with Gasteiger partial charge in [-0.3, -0.25) is 9.48 Å². The molecule has 1 amide bonds. The van der Waals surface area contributed by atoms with Crippen LogP contribution < -0.4 is 16.4 Å². The van der Waals surface area contributed by atoms with Gasteiger partial charge in [0.15, 0.2) is 0 Å². The molecule has 3 rings (SSSR count). The molecule has 0 atom stereocenters. The normalized spacial score (nSPS) is 13.7. The molecule has 2 heterocycles. The topological polar surface area (TPSA) is 85.0 Å². The average molecular weight is 285 g/mol. The lowest BCUT2D eigenvalue weighted by atomic mass is 10.0. The molecule has 4 N–H and O–H groups in total. The van der Waals surface area contributed by atoms with Crippen molar-refractivity contribution < 1.29 is 4.79 Å². The molecule has 110 valence electrons. The summed E-state index contributed by atoms with van der Waals surface area (Å²) in [5.41, 5.74) is 10.8. The Morgan fingerprint density at radius 3 is 3.05 bits per heavy atom. The predicted octanol–water partition coefficient (Wildman–Crippen LogP) is 1.54. The van der Waals surface area contributed by atoms with Gasteiger partial charge < -0.3 is 16.4 Å². The highest BCUT2D eigenvalue weighted by atomic mass is 16.1. The van der Waals surface area contributed by atoms with Crippen molar-refractivity contribution in [3.63, 3.8) is 0 Å². The summed E-state index contributed by atoms with van der Waals surface area (Å²) in [7, 11) is 1.90. The highest BCUT2D eigenvalue weighted by molar-refractivity contribution is 5.95. The van der Waals surface area contributed by atoms with E-state index in [9.17, 15) is 4.79 Å². The summed E-state index contributed by atoms with van der Waals surface area (Å²) in [4.78, 5) is 11.5. The van der Waals surface area contributed by atoms with E-state index in [0.29, 0.717) is 6.42 Å². The van der Waals surface area contributed by atoms with Crippen LogP contribution in [0.1, 0.15) is 17.5 Å². The zero-order valence-corrected chi connectivity index (χ0v) is 12.0. The summed E-state index contributed by atoms with van der Waals surface area (Å²) >= 11 is 0. The second kappa shape index (κ2) is 5.47. The van der Waals surface area contributed by atoms with Gasteiger partial charge in [0.2, 0.25) is 5.91 Å². The molecule has 2 aromatic rings. The van der Waals surface area contributed by atoms with Crippen LogP contribution >= 0.6 is 0 Å². The highest BCUT2D eigenvalue weighted by Crippen LogP contribution is 2.30. The number of fused-ring (bicyclic) bond motifs is 1. The first-order chi connectivity index (χ1) is 10.1. The van der Waals surface area contributed by atoms with Crippen LogP contribution in [0.25, 0.3) is 0 Å². The number of carbonyl (C=O) groups is 1. The second-order valence-corrected chi connectivity index (χ2v) is 5.34. The number of carbonyl (C=O) groups excluding carboxylic acids is 1. The minimum absolute atomic E-state index is 0.0635. The molecule has 0 unspecified atom stereocenters. The molecule has 0 radical (unpaired) electrons. The Morgan fingerprint density at radius 1 is 1.43 bits per heavy atom. The van der Waals surface area contributed by atoms with Crippen molar-refractivity contribution in [3.8, 4) is 0 Å². The van der Waals surface area contributed by atoms with Crippen LogP contribution in [0.2, 0.25) is 0 Å². The molecule has 0 saturated carbocycles. The standard InChI is InChI=1S/C15H19N5O/c1-20-9-10(8-18-20)4-5-17-14-7-13-11(6-12(14)16)2-3-15(21)19-13/h6-9,17H,2-5,16H2,1H3,(H,19,21). The molecule has 6 heteroatoms. The number of aromatic nitrogens is 2. The number of nitrogens with zero attached hydrogens (tertiary/aromatic N) is 2. The molecule has 1 aromatic carbocycles. The van der Waals surface area contributed by atoms with E-state index in [1.807, 2.05) is 31.6 Å². The molecular formula is C15H19N5O. The summed E-state index contributed by atoms with van der Waals surface area (Å²) in [6, 6.07) is 3.87. The van der Waals surface area contributed by atoms with Crippen molar-refractivity contribution >= 4 is 23.0 Å². The predicted molar refractivity (Wildman–Crippen MR) is 83.2 cm³/mol. The van der Waals surface area contributed by atoms with E-state index >= 15 is 0 Å². The van der Waals surface area contributed by atoms with Crippen molar-refractivity contribution in [1.82, 2.24) is 9.78 Å². The van der Waals surface area contributed by atoms with Gasteiger partial charge in [-0.05, 0) is 36.1 Å². The Bertz CT molecular complexity index is 677. The van der Waals surface area contributed by atoms with Crippen molar-refractivity contribution in [3.05, 3.63) is 35.7 Å². The SMILES string of the molecule is Cn1cc(CCNc2cc3c(cc2N)CCC(=O)N3)cn1. The Morgan fingerprint density at radius 2 is 2.29 bits per heavy atom. The molecular weight excluding hydrogens is 266 g/mol. The van der Waals surface area contributed by atoms with Gasteiger partial charge in [0, 0.05) is 31.9 Å². The summed E-state index contributed by atoms with van der Waals surface area (Å²) < 4.78 is 1.79. The zero-order chi connectivity index (χ0) is 14.8. The molecule has 0 fully saturated rings. The van der Waals surface area contributed by atoms with Gasteiger partial charge in [-0.1, -0.05) is 0 Å². The van der Waals surface area contributed by atoms with Crippen LogP contribution in [-0.2, 0) is 24.7 Å². The number of hydrogen-bond acceptors (Lipinski definition) is 4. The van der Waals surface area contributed by atoms with Gasteiger partial charge in [0.25, 0.3) is 0 Å². The van der Waals surface area contributed by atoms with Gasteiger partial charge in [0.05, 0.1) is 17.6 Å². The van der Waals surface area contributed by atoms with E-state index < -0.39 is 0 Å². The average Bonchev–Trinajstić information content (AvgIpc) is 2.85. The number of benzene rings is 1. The lowest BCUT2D eigenvalue weighted by molar-refractivity contribution is -0.116. The maximum absolute atomic E-state index is 11.5. The first kappa shape index (κ1) is 13.5. The van der Waals surface area contributed by atoms with Crippen LogP contribution in [0.5, 0.6) is 0 Å². The minimum atomic E-state index is 0.0635. The monoisotopic (exact) mass is 285 g/mol. The number of amides is 1. The minimum Gasteiger partial charge on any atom is -0.397 e. The van der Waals surface area contributed by atoms with E-state index in [1.165, 1.54) is 5.56 Å². The number of nitrogens with two attached hydrogens (primary N) is 1. The lowest BCUT2D eigenvalue weighted by Gasteiger charge is -2.19. The Kier molecular flexibility index (Phi) is 3.51. The number of nitrogen functional groups attached to an aromatic ring is 1. The number of rotatable bonds is 4. The molecule has 1 aromatic heterocycles. The Hall–Kier alpha value is -2.50. The van der Waals surface area contributed by atoms with E-state index in [-0.39, 0.29) is 5.91 Å². The van der Waals surface area contributed by atoms with Gasteiger partial charge in [-0.2, -0.15) is 5.10 Å². The zero-order valence-electron chi connectivity index (χ0n) is 12.0. The van der Waals surface area contributed by atoms with Crippen LogP contribution in [-0.4, -0.2) is 22.2 Å². The van der Waals surface area contributed by atoms with Crippen molar-refractivity contribution in [2.45, 2.75) is 19.3 Å². The molecule has 0 spiro atoms. The number of aryl methyl sites for hydroxylation is 2. The Labute approximate surface area is 123 Å². The molecule has 0 bridgehead atoms. The molecule has 21 heavy (non-hydrogen) atoms. The van der Waals surface area contributed by atoms with Gasteiger partial charge in [-0.15, -0.1) is 0 Å². The second-order valence-electron chi connectivity index (χ2n) is 5.34. The third kappa shape index (κ3) is 2.99. The van der Waals surface area contributed by atoms with Crippen molar-refractivity contribution in [2.75, 3.05) is 22.9 Å². The maximum Gasteiger partial charge on any atom is 0.224 e. The van der Waals surface area contributed by atoms with E-state index in [4.69, 9.17) is 5.73 Å². The fraction of sp³-hybridized carbons (Fsp3) is 0.333. The third-order valence-electron chi connectivity index (χ3n) is 3.66. The van der Waals surface area contributed by atoms with Crippen LogP contribution in [0, 0.1) is 0 Å². The largest absolute Gasteiger partial charge is 0.397 e. The number of anilines is 3. The molecule has 1 aliphatic heterocycles. The van der Waals surface area contributed by atoms with Crippen LogP contribution in [0.4, 0.5) is 17.1 Å². The highest BCUT2D eigenvalue weighted by Gasteiger charge is 2.16. The van der Waals surface area contributed by atoms with Crippen LogP contribution in [0.3, 0.4) is 0 Å². The summed E-state index contributed by atoms with van der Waals surface area (Å²) in [6.45, 7) is 0.766. The smallest absolute Gasteiger partial charge is 0.224 e. The summed E-state index contributed by atoms with van der Waals surface area (Å²) in [5.74, 6) is 0.0635. The molecule has 1 aliphatic rings. The first-order valence-corrected chi connectivity index (χ1v) is 7.05. The summed E-state index contributed by atoms with van der Waals surface area (Å²) in [5, 5.41) is 10.4. The van der Waals surface area contributed by atoms with Crippen molar-refractivity contribution in [1.29, 1.82) is 0 Å². The summed E-state index contributed by atoms with van der Waals surface area (Å²) in [6.07, 6.45) is 6.01. The number of hydrogen-bond donors (Lipinski definition) is 3. The van der Waals surface area contributed by atoms with E-state index in [0.717, 1.165) is 42.0 Å². The lowest BCUT2D eigenvalue weighted by Crippen LogP contribution is -2.19. The van der Waals surface area contributed by atoms with E-state index in [1.54, 1.807) is 4.68 Å². The fourth-order valence-corrected chi connectivity index (χ4v) is 2.54.